The smallest absolute Gasteiger partial charge is 0.358 e. The highest BCUT2D eigenvalue weighted by Crippen LogP contribution is 2.26. The maximum Gasteiger partial charge on any atom is 0.358 e. The molecule has 118 valence electrons. The van der Waals surface area contributed by atoms with Crippen molar-refractivity contribution in [3.8, 4) is 11.5 Å². The van der Waals surface area contributed by atoms with Gasteiger partial charge in [-0.1, -0.05) is 30.7 Å². The number of carboxylic acids is 1. The molecule has 1 aromatic carbocycles. The Kier molecular flexibility index (Phi) is 5.35. The maximum atomic E-state index is 11.2. The maximum absolute atomic E-state index is 11.2. The number of aromatic nitrogens is 3. The molecule has 7 nitrogen and oxygen atoms in total. The average molecular weight is 305 g/mol. The van der Waals surface area contributed by atoms with Crippen LogP contribution in [0.5, 0.6) is 11.5 Å². The molecule has 1 heterocycles. The van der Waals surface area contributed by atoms with E-state index < -0.39 is 5.97 Å². The Bertz CT molecular complexity index is 639. The van der Waals surface area contributed by atoms with Crippen molar-refractivity contribution in [3.63, 3.8) is 0 Å². The Morgan fingerprint density at radius 3 is 2.68 bits per heavy atom. The molecule has 2 rings (SSSR count). The normalized spacial score (nSPS) is 10.5. The minimum absolute atomic E-state index is 0.0682. The molecule has 1 aromatic heterocycles. The fourth-order valence-corrected chi connectivity index (χ4v) is 2.01. The summed E-state index contributed by atoms with van der Waals surface area (Å²) in [6, 6.07) is 7.20. The number of aromatic carboxylic acids is 1. The fourth-order valence-electron chi connectivity index (χ4n) is 2.01. The van der Waals surface area contributed by atoms with Crippen molar-refractivity contribution in [2.24, 2.45) is 0 Å². The third-order valence-corrected chi connectivity index (χ3v) is 3.20. The number of hydrogen-bond donors (Lipinski definition) is 1. The van der Waals surface area contributed by atoms with Crippen molar-refractivity contribution in [2.75, 3.05) is 7.11 Å². The Balaban J connectivity index is 2.20. The van der Waals surface area contributed by atoms with Gasteiger partial charge in [-0.3, -0.25) is 0 Å². The van der Waals surface area contributed by atoms with Crippen molar-refractivity contribution in [1.82, 2.24) is 15.0 Å². The number of carboxylic acid groups (broad SMARTS) is 1. The van der Waals surface area contributed by atoms with Gasteiger partial charge in [-0.2, -0.15) is 0 Å². The average Bonchev–Trinajstić information content (AvgIpc) is 2.94. The summed E-state index contributed by atoms with van der Waals surface area (Å²) in [6.45, 7) is 2.74. The number of nitrogens with zero attached hydrogens (tertiary/aromatic N) is 3. The van der Waals surface area contributed by atoms with Crippen molar-refractivity contribution in [2.45, 2.75) is 32.9 Å². The van der Waals surface area contributed by atoms with E-state index in [1.807, 2.05) is 12.1 Å². The molecule has 0 bridgehead atoms. The number of carbonyl (C=O) groups is 1. The summed E-state index contributed by atoms with van der Waals surface area (Å²) < 4.78 is 12.5. The number of benzene rings is 1. The summed E-state index contributed by atoms with van der Waals surface area (Å²) in [5, 5.41) is 16.8. The van der Waals surface area contributed by atoms with E-state index in [-0.39, 0.29) is 12.3 Å². The minimum atomic E-state index is -1.11. The Hall–Kier alpha value is -2.57. The molecule has 0 spiro atoms. The molecular formula is C15H19N3O4. The number of aryl methyl sites for hydroxylation is 1. The first kappa shape index (κ1) is 15.8. The van der Waals surface area contributed by atoms with E-state index >= 15 is 0 Å². The van der Waals surface area contributed by atoms with Gasteiger partial charge in [0.2, 0.25) is 0 Å². The lowest BCUT2D eigenvalue weighted by atomic mass is 10.3. The molecule has 1 N–H and O–H groups in total. The summed E-state index contributed by atoms with van der Waals surface area (Å²) >= 11 is 0. The number of hydrogen-bond acceptors (Lipinski definition) is 5. The van der Waals surface area contributed by atoms with Crippen molar-refractivity contribution >= 4 is 5.97 Å². The van der Waals surface area contributed by atoms with Gasteiger partial charge in [0, 0.05) is 6.54 Å². The lowest BCUT2D eigenvalue weighted by Gasteiger charge is -2.11. The van der Waals surface area contributed by atoms with Crippen LogP contribution < -0.4 is 9.47 Å². The van der Waals surface area contributed by atoms with Gasteiger partial charge in [0.1, 0.15) is 12.3 Å². The zero-order chi connectivity index (χ0) is 15.9. The number of rotatable bonds is 8. The van der Waals surface area contributed by atoms with Gasteiger partial charge in [-0.15, -0.1) is 5.10 Å². The van der Waals surface area contributed by atoms with Gasteiger partial charge in [-0.25, -0.2) is 9.48 Å². The molecule has 2 aromatic rings. The van der Waals surface area contributed by atoms with Crippen LogP contribution in [-0.2, 0) is 13.2 Å². The summed E-state index contributed by atoms with van der Waals surface area (Å²) in [6.07, 6.45) is 1.87. The zero-order valence-corrected chi connectivity index (χ0v) is 12.7. The third kappa shape index (κ3) is 3.55. The third-order valence-electron chi connectivity index (χ3n) is 3.20. The summed E-state index contributed by atoms with van der Waals surface area (Å²) in [5.74, 6) is 0.0258. The van der Waals surface area contributed by atoms with E-state index in [2.05, 4.69) is 17.2 Å². The molecule has 0 aliphatic rings. The number of para-hydroxylation sites is 2. The molecular weight excluding hydrogens is 286 g/mol. The van der Waals surface area contributed by atoms with Gasteiger partial charge in [0.05, 0.1) is 7.11 Å². The minimum Gasteiger partial charge on any atom is -0.493 e. The van der Waals surface area contributed by atoms with Crippen LogP contribution in [0.3, 0.4) is 0 Å². The Labute approximate surface area is 128 Å². The molecule has 0 aliphatic heterocycles. The quantitative estimate of drug-likeness (QED) is 0.805. The van der Waals surface area contributed by atoms with Crippen LogP contribution in [0.25, 0.3) is 0 Å². The highest BCUT2D eigenvalue weighted by atomic mass is 16.5. The second kappa shape index (κ2) is 7.44. The van der Waals surface area contributed by atoms with E-state index in [9.17, 15) is 9.90 Å². The molecule has 0 saturated heterocycles. The second-order valence-electron chi connectivity index (χ2n) is 4.71. The first-order valence-corrected chi connectivity index (χ1v) is 7.08. The van der Waals surface area contributed by atoms with Gasteiger partial charge < -0.3 is 14.6 Å². The molecule has 0 amide bonds. The predicted octanol–water partition coefficient (Wildman–Crippen LogP) is 2.36. The van der Waals surface area contributed by atoms with Gasteiger partial charge in [-0.05, 0) is 18.6 Å². The number of methoxy groups -OCH3 is 1. The first-order chi connectivity index (χ1) is 10.7. The van der Waals surface area contributed by atoms with Gasteiger partial charge in [0.25, 0.3) is 0 Å². The standard InChI is InChI=1S/C15H19N3O4/c1-3-4-9-18-11(14(15(19)20)16-17-18)10-22-13-8-6-5-7-12(13)21-2/h5-8H,3-4,9-10H2,1-2H3,(H,19,20). The van der Waals surface area contributed by atoms with E-state index in [0.29, 0.717) is 23.7 Å². The van der Waals surface area contributed by atoms with Crippen LogP contribution in [0, 0.1) is 0 Å². The molecule has 0 aliphatic carbocycles. The molecule has 0 unspecified atom stereocenters. The monoisotopic (exact) mass is 305 g/mol. The number of ether oxygens (including phenoxy) is 2. The molecule has 7 heteroatoms. The van der Waals surface area contributed by atoms with Gasteiger partial charge in [0.15, 0.2) is 17.2 Å². The second-order valence-corrected chi connectivity index (χ2v) is 4.71. The lowest BCUT2D eigenvalue weighted by Crippen LogP contribution is -2.11. The molecule has 0 saturated carbocycles. The summed E-state index contributed by atoms with van der Waals surface area (Å²) in [7, 11) is 1.55. The molecule has 0 fully saturated rings. The van der Waals surface area contributed by atoms with Crippen LogP contribution in [0.4, 0.5) is 0 Å². The first-order valence-electron chi connectivity index (χ1n) is 7.08. The van der Waals surface area contributed by atoms with E-state index in [1.165, 1.54) is 0 Å². The molecule has 22 heavy (non-hydrogen) atoms. The van der Waals surface area contributed by atoms with E-state index in [1.54, 1.807) is 23.9 Å². The fraction of sp³-hybridized carbons (Fsp3) is 0.400. The Morgan fingerprint density at radius 2 is 2.05 bits per heavy atom. The Morgan fingerprint density at radius 1 is 1.32 bits per heavy atom. The largest absolute Gasteiger partial charge is 0.493 e. The van der Waals surface area contributed by atoms with Crippen molar-refractivity contribution < 1.29 is 19.4 Å². The summed E-state index contributed by atoms with van der Waals surface area (Å²) in [4.78, 5) is 11.2. The van der Waals surface area contributed by atoms with Gasteiger partial charge >= 0.3 is 5.97 Å². The van der Waals surface area contributed by atoms with E-state index in [0.717, 1.165) is 12.8 Å². The number of unbranched alkanes of at least 4 members (excludes halogenated alkanes) is 1. The highest BCUT2D eigenvalue weighted by molar-refractivity contribution is 5.86. The SMILES string of the molecule is CCCCn1nnc(C(=O)O)c1COc1ccccc1OC. The van der Waals surface area contributed by atoms with Crippen LogP contribution in [-0.4, -0.2) is 33.2 Å². The molecule has 0 atom stereocenters. The van der Waals surface area contributed by atoms with Crippen LogP contribution >= 0.6 is 0 Å². The zero-order valence-electron chi connectivity index (χ0n) is 12.7. The summed E-state index contributed by atoms with van der Waals surface area (Å²) in [5.41, 5.74) is 0.373. The predicted molar refractivity (Wildman–Crippen MR) is 79.2 cm³/mol. The van der Waals surface area contributed by atoms with Crippen LogP contribution in [0.15, 0.2) is 24.3 Å². The van der Waals surface area contributed by atoms with Crippen LogP contribution in [0.2, 0.25) is 0 Å². The van der Waals surface area contributed by atoms with E-state index in [4.69, 9.17) is 9.47 Å². The highest BCUT2D eigenvalue weighted by Gasteiger charge is 2.19. The molecule has 0 radical (unpaired) electrons. The van der Waals surface area contributed by atoms with Crippen molar-refractivity contribution in [3.05, 3.63) is 35.7 Å². The topological polar surface area (TPSA) is 86.5 Å². The van der Waals surface area contributed by atoms with Crippen LogP contribution in [0.1, 0.15) is 35.9 Å². The van der Waals surface area contributed by atoms with Crippen molar-refractivity contribution in [1.29, 1.82) is 0 Å². The lowest BCUT2D eigenvalue weighted by molar-refractivity contribution is 0.0687.